The van der Waals surface area contributed by atoms with Crippen molar-refractivity contribution in [2.75, 3.05) is 4.90 Å². The molecule has 150 valence electrons. The molecule has 7 heteroatoms. The molecular formula is C22H21NO5S. The highest BCUT2D eigenvalue weighted by Crippen LogP contribution is 2.56. The molecule has 0 spiro atoms. The predicted octanol–water partition coefficient (Wildman–Crippen LogP) is 3.30. The van der Waals surface area contributed by atoms with Crippen LogP contribution in [0.2, 0.25) is 0 Å². The summed E-state index contributed by atoms with van der Waals surface area (Å²) in [5.41, 5.74) is 1.31. The first kappa shape index (κ1) is 18.4. The van der Waals surface area contributed by atoms with Gasteiger partial charge in [-0.2, -0.15) is 8.42 Å². The molecule has 1 aliphatic heterocycles. The van der Waals surface area contributed by atoms with Crippen molar-refractivity contribution in [1.82, 2.24) is 0 Å². The van der Waals surface area contributed by atoms with Gasteiger partial charge in [-0.05, 0) is 62.3 Å². The topological polar surface area (TPSA) is 80.8 Å². The molecule has 3 aliphatic rings. The number of rotatable bonds is 4. The van der Waals surface area contributed by atoms with Crippen molar-refractivity contribution in [3.63, 3.8) is 0 Å². The second kappa shape index (κ2) is 6.42. The Kier molecular flexibility index (Phi) is 4.07. The standard InChI is InChI=1S/C22H21NO5S/c1-13-5-9-18(10-6-13)29(26,27)28-17-4-2-3-16(12-17)23-21(24)19-14-7-8-15(11-14)20(19)22(23)25/h2-6,9-10,12,14-15,19-20H,7-8,11H2,1H3/t14-,15+,19-,20-/m0/s1. The smallest absolute Gasteiger partial charge is 0.339 e. The lowest BCUT2D eigenvalue weighted by Crippen LogP contribution is -2.32. The van der Waals surface area contributed by atoms with E-state index in [0.29, 0.717) is 17.5 Å². The average Bonchev–Trinajstić information content (AvgIpc) is 3.36. The van der Waals surface area contributed by atoms with E-state index < -0.39 is 10.1 Å². The number of fused-ring (bicyclic) bond motifs is 5. The van der Waals surface area contributed by atoms with Gasteiger partial charge in [-0.15, -0.1) is 0 Å². The average molecular weight is 411 g/mol. The highest BCUT2D eigenvalue weighted by molar-refractivity contribution is 7.87. The van der Waals surface area contributed by atoms with E-state index in [1.807, 2.05) is 6.92 Å². The number of hydrogen-bond donors (Lipinski definition) is 0. The fourth-order valence-corrected chi connectivity index (χ4v) is 6.14. The second-order valence-corrected chi connectivity index (χ2v) is 9.79. The first-order valence-electron chi connectivity index (χ1n) is 9.84. The van der Waals surface area contributed by atoms with E-state index in [4.69, 9.17) is 4.18 Å². The van der Waals surface area contributed by atoms with Gasteiger partial charge in [0.05, 0.1) is 17.5 Å². The van der Waals surface area contributed by atoms with Crippen LogP contribution in [-0.4, -0.2) is 20.2 Å². The van der Waals surface area contributed by atoms with E-state index >= 15 is 0 Å². The summed E-state index contributed by atoms with van der Waals surface area (Å²) in [4.78, 5) is 27.2. The second-order valence-electron chi connectivity index (χ2n) is 8.24. The minimum Gasteiger partial charge on any atom is -0.379 e. The fraction of sp³-hybridized carbons (Fsp3) is 0.364. The van der Waals surface area contributed by atoms with Crippen LogP contribution in [0.15, 0.2) is 53.4 Å². The summed E-state index contributed by atoms with van der Waals surface area (Å²) >= 11 is 0. The van der Waals surface area contributed by atoms with Crippen LogP contribution in [-0.2, 0) is 19.7 Å². The molecule has 3 fully saturated rings. The molecule has 0 N–H and O–H groups in total. The number of imide groups is 1. The molecule has 2 bridgehead atoms. The zero-order valence-electron chi connectivity index (χ0n) is 15.9. The molecule has 29 heavy (non-hydrogen) atoms. The Labute approximate surface area is 169 Å². The number of nitrogens with zero attached hydrogens (tertiary/aromatic N) is 1. The predicted molar refractivity (Wildman–Crippen MR) is 106 cm³/mol. The van der Waals surface area contributed by atoms with Gasteiger partial charge in [0.15, 0.2) is 0 Å². The summed E-state index contributed by atoms with van der Waals surface area (Å²) in [6, 6.07) is 12.6. The lowest BCUT2D eigenvalue weighted by atomic mass is 9.81. The van der Waals surface area contributed by atoms with Crippen molar-refractivity contribution in [1.29, 1.82) is 0 Å². The number of carbonyl (C=O) groups excluding carboxylic acids is 2. The van der Waals surface area contributed by atoms with E-state index in [0.717, 1.165) is 24.8 Å². The molecule has 2 saturated carbocycles. The van der Waals surface area contributed by atoms with Crippen LogP contribution >= 0.6 is 0 Å². The van der Waals surface area contributed by atoms with Gasteiger partial charge in [0.2, 0.25) is 11.8 Å². The van der Waals surface area contributed by atoms with Gasteiger partial charge in [0, 0.05) is 6.07 Å². The van der Waals surface area contributed by atoms with Gasteiger partial charge in [-0.25, -0.2) is 4.90 Å². The quantitative estimate of drug-likeness (QED) is 0.570. The first-order chi connectivity index (χ1) is 13.8. The number of carbonyl (C=O) groups is 2. The summed E-state index contributed by atoms with van der Waals surface area (Å²) in [7, 11) is -4.01. The molecule has 2 amide bonds. The Morgan fingerprint density at radius 2 is 1.55 bits per heavy atom. The molecule has 0 aromatic heterocycles. The van der Waals surface area contributed by atoms with Crippen molar-refractivity contribution >= 4 is 27.6 Å². The Hall–Kier alpha value is -2.67. The van der Waals surface area contributed by atoms with E-state index in [-0.39, 0.29) is 34.3 Å². The summed E-state index contributed by atoms with van der Waals surface area (Å²) in [5.74, 6) is -0.0926. The molecular weight excluding hydrogens is 390 g/mol. The Balaban J connectivity index is 1.43. The molecule has 2 aromatic carbocycles. The Bertz CT molecular complexity index is 1080. The highest BCUT2D eigenvalue weighted by atomic mass is 32.2. The number of aryl methyl sites for hydroxylation is 1. The summed E-state index contributed by atoms with van der Waals surface area (Å²) in [5, 5.41) is 0. The maximum absolute atomic E-state index is 13.0. The van der Waals surface area contributed by atoms with E-state index in [1.165, 1.54) is 29.2 Å². The van der Waals surface area contributed by atoms with Crippen LogP contribution in [0.3, 0.4) is 0 Å². The Morgan fingerprint density at radius 1 is 0.931 bits per heavy atom. The molecule has 2 aliphatic carbocycles. The van der Waals surface area contributed by atoms with Crippen LogP contribution in [0.1, 0.15) is 24.8 Å². The maximum atomic E-state index is 13.0. The first-order valence-corrected chi connectivity index (χ1v) is 11.2. The maximum Gasteiger partial charge on any atom is 0.339 e. The monoisotopic (exact) mass is 411 g/mol. The van der Waals surface area contributed by atoms with Gasteiger partial charge < -0.3 is 4.18 Å². The number of benzene rings is 2. The SMILES string of the molecule is Cc1ccc(S(=O)(=O)Oc2cccc(N3C(=O)[C@H]4[C@@H]5CC[C@@H](C5)[C@@H]4C3=O)c2)cc1. The third-order valence-electron chi connectivity index (χ3n) is 6.52. The van der Waals surface area contributed by atoms with E-state index in [1.54, 1.807) is 24.3 Å². The summed E-state index contributed by atoms with van der Waals surface area (Å²) < 4.78 is 30.4. The third-order valence-corrected chi connectivity index (χ3v) is 7.78. The molecule has 4 atom stereocenters. The van der Waals surface area contributed by atoms with Crippen LogP contribution in [0.25, 0.3) is 0 Å². The fourth-order valence-electron chi connectivity index (χ4n) is 5.22. The van der Waals surface area contributed by atoms with Gasteiger partial charge >= 0.3 is 10.1 Å². The minimum atomic E-state index is -4.01. The normalized spacial score (nSPS) is 28.1. The number of anilines is 1. The molecule has 0 unspecified atom stereocenters. The Morgan fingerprint density at radius 3 is 2.17 bits per heavy atom. The molecule has 6 nitrogen and oxygen atoms in total. The van der Waals surface area contributed by atoms with Crippen LogP contribution in [0, 0.1) is 30.6 Å². The lowest BCUT2D eigenvalue weighted by molar-refractivity contribution is -0.123. The third kappa shape index (κ3) is 2.87. The molecule has 5 rings (SSSR count). The van der Waals surface area contributed by atoms with Crippen LogP contribution < -0.4 is 9.08 Å². The van der Waals surface area contributed by atoms with Crippen LogP contribution in [0.4, 0.5) is 5.69 Å². The van der Waals surface area contributed by atoms with Crippen molar-refractivity contribution < 1.29 is 22.2 Å². The van der Waals surface area contributed by atoms with Crippen molar-refractivity contribution in [3.8, 4) is 5.75 Å². The minimum absolute atomic E-state index is 0.0490. The van der Waals surface area contributed by atoms with Crippen LogP contribution in [0.5, 0.6) is 5.75 Å². The van der Waals surface area contributed by atoms with Gasteiger partial charge in [0.25, 0.3) is 0 Å². The molecule has 1 heterocycles. The van der Waals surface area contributed by atoms with Gasteiger partial charge in [-0.3, -0.25) is 9.59 Å². The summed E-state index contributed by atoms with van der Waals surface area (Å²) in [6.07, 6.45) is 2.99. The zero-order valence-corrected chi connectivity index (χ0v) is 16.8. The van der Waals surface area contributed by atoms with E-state index in [9.17, 15) is 18.0 Å². The molecule has 0 radical (unpaired) electrons. The van der Waals surface area contributed by atoms with Crippen molar-refractivity contribution in [2.45, 2.75) is 31.1 Å². The number of amides is 2. The van der Waals surface area contributed by atoms with Gasteiger partial charge in [0.1, 0.15) is 10.6 Å². The van der Waals surface area contributed by atoms with E-state index in [2.05, 4.69) is 0 Å². The molecule has 1 saturated heterocycles. The van der Waals surface area contributed by atoms with Gasteiger partial charge in [-0.1, -0.05) is 23.8 Å². The molecule has 2 aromatic rings. The highest BCUT2D eigenvalue weighted by Gasteiger charge is 2.61. The largest absolute Gasteiger partial charge is 0.379 e. The zero-order chi connectivity index (χ0) is 20.3. The van der Waals surface area contributed by atoms with Crippen molar-refractivity contribution in [3.05, 3.63) is 54.1 Å². The number of hydrogen-bond acceptors (Lipinski definition) is 5. The lowest BCUT2D eigenvalue weighted by Gasteiger charge is -2.19. The van der Waals surface area contributed by atoms with Crippen molar-refractivity contribution in [2.24, 2.45) is 23.7 Å². The summed E-state index contributed by atoms with van der Waals surface area (Å²) in [6.45, 7) is 1.87.